The normalized spacial score (nSPS) is 10.4. The van der Waals surface area contributed by atoms with Gasteiger partial charge in [0.25, 0.3) is 0 Å². The van der Waals surface area contributed by atoms with Gasteiger partial charge in [-0.05, 0) is 18.2 Å². The summed E-state index contributed by atoms with van der Waals surface area (Å²) in [6, 6.07) is 9.28. The molecule has 1 aromatic carbocycles. The molecule has 3 nitrogen and oxygen atoms in total. The van der Waals surface area contributed by atoms with E-state index in [4.69, 9.17) is 0 Å². The van der Waals surface area contributed by atoms with Crippen molar-refractivity contribution in [3.05, 3.63) is 42.7 Å². The minimum Gasteiger partial charge on any atom is -0.507 e. The van der Waals surface area contributed by atoms with E-state index in [2.05, 4.69) is 5.10 Å². The number of nitrogens with zero attached hydrogens (tertiary/aromatic N) is 2. The number of phenols is 1. The summed E-state index contributed by atoms with van der Waals surface area (Å²) in [5.74, 6) is 1.25. The highest BCUT2D eigenvalue weighted by Crippen LogP contribution is 2.27. The second kappa shape index (κ2) is 4.89. The Morgan fingerprint density at radius 1 is 1.27 bits per heavy atom. The van der Waals surface area contributed by atoms with Crippen LogP contribution in [0, 0.1) is 0 Å². The molecule has 15 heavy (non-hydrogen) atoms. The van der Waals surface area contributed by atoms with Gasteiger partial charge < -0.3 is 5.11 Å². The van der Waals surface area contributed by atoms with Crippen LogP contribution in [-0.4, -0.2) is 20.6 Å². The molecule has 0 radical (unpaired) electrons. The van der Waals surface area contributed by atoms with E-state index in [1.807, 2.05) is 35.1 Å². The van der Waals surface area contributed by atoms with Crippen molar-refractivity contribution in [1.82, 2.24) is 9.78 Å². The van der Waals surface area contributed by atoms with Gasteiger partial charge in [-0.2, -0.15) is 5.10 Å². The summed E-state index contributed by atoms with van der Waals surface area (Å²) in [6.45, 7) is 0.853. The molecule has 2 rings (SSSR count). The smallest absolute Gasteiger partial charge is 0.129 e. The lowest BCUT2D eigenvalue weighted by atomic mass is 10.3. The predicted octanol–water partition coefficient (Wildman–Crippen LogP) is 2.38. The van der Waals surface area contributed by atoms with Crippen molar-refractivity contribution < 1.29 is 5.11 Å². The van der Waals surface area contributed by atoms with Crippen LogP contribution < -0.4 is 0 Å². The number of hydrogen-bond donors (Lipinski definition) is 1. The molecule has 0 fully saturated rings. The van der Waals surface area contributed by atoms with Crippen LogP contribution in [0.15, 0.2) is 47.6 Å². The lowest BCUT2D eigenvalue weighted by Crippen LogP contribution is -2.00. The number of phenolic OH excluding ortho intramolecular Hbond substituents is 1. The Morgan fingerprint density at radius 2 is 2.13 bits per heavy atom. The maximum absolute atomic E-state index is 9.52. The van der Waals surface area contributed by atoms with E-state index in [1.165, 1.54) is 0 Å². The summed E-state index contributed by atoms with van der Waals surface area (Å²) in [5.41, 5.74) is 0. The number of para-hydroxylation sites is 1. The Balaban J connectivity index is 1.86. The molecule has 0 aliphatic rings. The summed E-state index contributed by atoms with van der Waals surface area (Å²) in [7, 11) is 0. The highest BCUT2D eigenvalue weighted by Gasteiger charge is 1.99. The van der Waals surface area contributed by atoms with Crippen LogP contribution in [0.1, 0.15) is 0 Å². The fourth-order valence-corrected chi connectivity index (χ4v) is 2.15. The molecule has 0 aliphatic heterocycles. The molecule has 0 unspecified atom stereocenters. The van der Waals surface area contributed by atoms with Crippen LogP contribution in [0.25, 0.3) is 0 Å². The van der Waals surface area contributed by atoms with Crippen molar-refractivity contribution in [2.75, 3.05) is 5.75 Å². The molecule has 0 bridgehead atoms. The van der Waals surface area contributed by atoms with Crippen LogP contribution in [0.3, 0.4) is 0 Å². The van der Waals surface area contributed by atoms with Crippen molar-refractivity contribution in [3.63, 3.8) is 0 Å². The van der Waals surface area contributed by atoms with Gasteiger partial charge in [0.2, 0.25) is 0 Å². The Morgan fingerprint density at radius 3 is 2.87 bits per heavy atom. The number of rotatable bonds is 4. The quantitative estimate of drug-likeness (QED) is 0.804. The molecule has 2 aromatic rings. The van der Waals surface area contributed by atoms with Gasteiger partial charge in [-0.1, -0.05) is 12.1 Å². The summed E-state index contributed by atoms with van der Waals surface area (Å²) in [5, 5.41) is 13.6. The lowest BCUT2D eigenvalue weighted by Gasteiger charge is -2.03. The Kier molecular flexibility index (Phi) is 3.29. The summed E-state index contributed by atoms with van der Waals surface area (Å²) >= 11 is 1.63. The second-order valence-electron chi connectivity index (χ2n) is 3.09. The Bertz CT molecular complexity index is 414. The van der Waals surface area contributed by atoms with Gasteiger partial charge in [0.05, 0.1) is 6.54 Å². The van der Waals surface area contributed by atoms with Crippen molar-refractivity contribution in [2.45, 2.75) is 11.4 Å². The van der Waals surface area contributed by atoms with Gasteiger partial charge in [-0.15, -0.1) is 11.8 Å². The molecule has 0 spiro atoms. The highest BCUT2D eigenvalue weighted by molar-refractivity contribution is 7.99. The number of aryl methyl sites for hydroxylation is 1. The van der Waals surface area contributed by atoms with Gasteiger partial charge >= 0.3 is 0 Å². The first-order chi connectivity index (χ1) is 7.36. The van der Waals surface area contributed by atoms with Crippen LogP contribution in [0.2, 0.25) is 0 Å². The SMILES string of the molecule is Oc1ccccc1SCCn1cccn1. The first-order valence-corrected chi connectivity index (χ1v) is 5.73. The van der Waals surface area contributed by atoms with Crippen molar-refractivity contribution in [3.8, 4) is 5.75 Å². The highest BCUT2D eigenvalue weighted by atomic mass is 32.2. The third-order valence-electron chi connectivity index (χ3n) is 2.00. The van der Waals surface area contributed by atoms with Gasteiger partial charge in [0, 0.05) is 23.0 Å². The first-order valence-electron chi connectivity index (χ1n) is 4.74. The summed E-state index contributed by atoms with van der Waals surface area (Å²) < 4.78 is 1.88. The molecule has 0 saturated heterocycles. The van der Waals surface area contributed by atoms with E-state index < -0.39 is 0 Å². The number of aromatic hydroxyl groups is 1. The lowest BCUT2D eigenvalue weighted by molar-refractivity contribution is 0.462. The largest absolute Gasteiger partial charge is 0.507 e. The molecule has 4 heteroatoms. The zero-order chi connectivity index (χ0) is 10.5. The minimum atomic E-state index is 0.350. The summed E-state index contributed by atoms with van der Waals surface area (Å²) in [6.07, 6.45) is 3.70. The number of benzene rings is 1. The zero-order valence-corrected chi connectivity index (χ0v) is 9.02. The maximum Gasteiger partial charge on any atom is 0.129 e. The van der Waals surface area contributed by atoms with Crippen molar-refractivity contribution in [2.24, 2.45) is 0 Å². The monoisotopic (exact) mass is 220 g/mol. The molecule has 0 saturated carbocycles. The fraction of sp³-hybridized carbons (Fsp3) is 0.182. The third-order valence-corrected chi connectivity index (χ3v) is 3.05. The van der Waals surface area contributed by atoms with Crippen LogP contribution in [0.4, 0.5) is 0 Å². The molecular formula is C11H12N2OS. The van der Waals surface area contributed by atoms with E-state index in [9.17, 15) is 5.11 Å². The third kappa shape index (κ3) is 2.76. The van der Waals surface area contributed by atoms with E-state index >= 15 is 0 Å². The Labute approximate surface area is 92.7 Å². The molecule has 0 atom stereocenters. The topological polar surface area (TPSA) is 38.0 Å². The van der Waals surface area contributed by atoms with Crippen LogP contribution >= 0.6 is 11.8 Å². The van der Waals surface area contributed by atoms with E-state index in [0.29, 0.717) is 5.75 Å². The standard InChI is InChI=1S/C11H12N2OS/c14-10-4-1-2-5-11(10)15-9-8-13-7-3-6-12-13/h1-7,14H,8-9H2. The van der Waals surface area contributed by atoms with Gasteiger partial charge in [-0.25, -0.2) is 0 Å². The molecule has 1 heterocycles. The van der Waals surface area contributed by atoms with Gasteiger partial charge in [0.1, 0.15) is 5.75 Å². The number of aromatic nitrogens is 2. The van der Waals surface area contributed by atoms with Crippen molar-refractivity contribution in [1.29, 1.82) is 0 Å². The average Bonchev–Trinajstić information content (AvgIpc) is 2.74. The molecule has 0 aliphatic carbocycles. The van der Waals surface area contributed by atoms with Crippen LogP contribution in [-0.2, 0) is 6.54 Å². The Hall–Kier alpha value is -1.42. The second-order valence-corrected chi connectivity index (χ2v) is 4.22. The van der Waals surface area contributed by atoms with Crippen molar-refractivity contribution >= 4 is 11.8 Å². The van der Waals surface area contributed by atoms with E-state index in [1.54, 1.807) is 24.0 Å². The minimum absolute atomic E-state index is 0.350. The van der Waals surface area contributed by atoms with Gasteiger partial charge in [0.15, 0.2) is 0 Å². The van der Waals surface area contributed by atoms with Crippen LogP contribution in [0.5, 0.6) is 5.75 Å². The molecule has 1 N–H and O–H groups in total. The molecule has 0 amide bonds. The fourth-order valence-electron chi connectivity index (χ4n) is 1.26. The van der Waals surface area contributed by atoms with Gasteiger partial charge in [-0.3, -0.25) is 4.68 Å². The summed E-state index contributed by atoms with van der Waals surface area (Å²) in [4.78, 5) is 0.921. The predicted molar refractivity (Wildman–Crippen MR) is 61.1 cm³/mol. The molecule has 78 valence electrons. The maximum atomic E-state index is 9.52. The first kappa shape index (κ1) is 10.1. The van der Waals surface area contributed by atoms with E-state index in [-0.39, 0.29) is 0 Å². The zero-order valence-electron chi connectivity index (χ0n) is 8.21. The number of thioether (sulfide) groups is 1. The molecule has 1 aromatic heterocycles. The van der Waals surface area contributed by atoms with E-state index in [0.717, 1.165) is 17.2 Å². The number of hydrogen-bond acceptors (Lipinski definition) is 3. The average molecular weight is 220 g/mol. The molecular weight excluding hydrogens is 208 g/mol.